The number of nitrogens with zero attached hydrogens (tertiary/aromatic N) is 2. The lowest BCUT2D eigenvalue weighted by molar-refractivity contribution is -0.174. The van der Waals surface area contributed by atoms with Crippen LogP contribution < -0.4 is 0 Å². The summed E-state index contributed by atoms with van der Waals surface area (Å²) in [6.45, 7) is 0.241. The van der Waals surface area contributed by atoms with Crippen molar-refractivity contribution in [3.63, 3.8) is 0 Å². The molecule has 112 valence electrons. The first-order chi connectivity index (χ1) is 9.93. The van der Waals surface area contributed by atoms with Crippen molar-refractivity contribution in [2.45, 2.75) is 6.54 Å². The second-order valence-corrected chi connectivity index (χ2v) is 5.08. The number of carbonyl (C=O) groups is 2. The van der Waals surface area contributed by atoms with E-state index < -0.39 is 17.6 Å². The molecule has 0 radical (unpaired) electrons. The quantitative estimate of drug-likeness (QED) is 0.856. The van der Waals surface area contributed by atoms with Crippen LogP contribution >= 0.6 is 11.6 Å². The molecule has 21 heavy (non-hydrogen) atoms. The van der Waals surface area contributed by atoms with Gasteiger partial charge in [-0.3, -0.25) is 14.4 Å². The van der Waals surface area contributed by atoms with Crippen LogP contribution in [0.2, 0.25) is 5.02 Å². The van der Waals surface area contributed by atoms with Gasteiger partial charge in [0.15, 0.2) is 5.76 Å². The van der Waals surface area contributed by atoms with Crippen LogP contribution in [-0.2, 0) is 21.0 Å². The maximum Gasteiger partial charge on any atom is 0.289 e. The number of aliphatic hydroxyl groups excluding tert-OH is 1. The number of amides is 2. The monoisotopic (exact) mass is 310 g/mol. The number of benzene rings is 1. The second-order valence-electron chi connectivity index (χ2n) is 4.64. The Balaban J connectivity index is 2.16. The lowest BCUT2D eigenvalue weighted by Gasteiger charge is -2.20. The van der Waals surface area contributed by atoms with E-state index in [1.54, 1.807) is 24.3 Å². The van der Waals surface area contributed by atoms with Gasteiger partial charge in [-0.15, -0.1) is 0 Å². The molecule has 1 heterocycles. The van der Waals surface area contributed by atoms with E-state index >= 15 is 0 Å². The van der Waals surface area contributed by atoms with E-state index in [0.717, 1.165) is 10.6 Å². The number of hydrogen-bond donors (Lipinski definition) is 1. The van der Waals surface area contributed by atoms with Crippen LogP contribution in [0, 0.1) is 0 Å². The van der Waals surface area contributed by atoms with Crippen molar-refractivity contribution in [3.8, 4) is 0 Å². The number of halogens is 1. The van der Waals surface area contributed by atoms with Gasteiger partial charge >= 0.3 is 0 Å². The molecule has 1 aliphatic heterocycles. The van der Waals surface area contributed by atoms with Gasteiger partial charge in [-0.1, -0.05) is 23.7 Å². The van der Waals surface area contributed by atoms with Gasteiger partial charge in [0.2, 0.25) is 0 Å². The van der Waals surface area contributed by atoms with E-state index in [2.05, 4.69) is 0 Å². The fourth-order valence-corrected chi connectivity index (χ4v) is 2.11. The van der Waals surface area contributed by atoms with Gasteiger partial charge in [-0.2, -0.15) is 0 Å². The van der Waals surface area contributed by atoms with Crippen LogP contribution in [0.3, 0.4) is 0 Å². The van der Waals surface area contributed by atoms with Gasteiger partial charge in [0.05, 0.1) is 25.8 Å². The Bertz CT molecular complexity index is 597. The molecule has 0 aliphatic carbocycles. The average Bonchev–Trinajstić information content (AvgIpc) is 2.73. The highest BCUT2D eigenvalue weighted by molar-refractivity contribution is 6.30. The van der Waals surface area contributed by atoms with Crippen LogP contribution in [0.1, 0.15) is 5.56 Å². The van der Waals surface area contributed by atoms with Gasteiger partial charge < -0.3 is 10.0 Å². The fourth-order valence-electron chi connectivity index (χ4n) is 1.99. The molecule has 0 saturated carbocycles. The molecule has 1 aromatic rings. The first-order valence-corrected chi connectivity index (χ1v) is 6.59. The maximum absolute atomic E-state index is 12.3. The minimum atomic E-state index is -0.569. The molecule has 1 N–H and O–H groups in total. The molecule has 2 amide bonds. The molecule has 0 atom stereocenters. The third-order valence-corrected chi connectivity index (χ3v) is 3.43. The van der Waals surface area contributed by atoms with Gasteiger partial charge in [-0.25, -0.2) is 5.06 Å². The summed E-state index contributed by atoms with van der Waals surface area (Å²) >= 11 is 5.80. The number of hydroxylamine groups is 2. The summed E-state index contributed by atoms with van der Waals surface area (Å²) in [6.07, 6.45) is 0. The Morgan fingerprint density at radius 3 is 2.52 bits per heavy atom. The third kappa shape index (κ3) is 3.17. The number of aliphatic hydroxyl groups is 1. The second kappa shape index (κ2) is 6.15. The highest BCUT2D eigenvalue weighted by Crippen LogP contribution is 2.19. The molecule has 7 heteroatoms. The van der Waals surface area contributed by atoms with Crippen molar-refractivity contribution in [3.05, 3.63) is 46.2 Å². The smallest absolute Gasteiger partial charge is 0.289 e. The molecular formula is C14H15ClN2O4. The molecule has 0 aromatic heterocycles. The molecule has 6 nitrogen and oxygen atoms in total. The molecule has 0 unspecified atom stereocenters. The van der Waals surface area contributed by atoms with Crippen molar-refractivity contribution < 1.29 is 19.5 Å². The zero-order valence-corrected chi connectivity index (χ0v) is 12.4. The number of rotatable bonds is 4. The summed E-state index contributed by atoms with van der Waals surface area (Å²) < 4.78 is 0. The lowest BCUT2D eigenvalue weighted by Crippen LogP contribution is -2.32. The largest absolute Gasteiger partial charge is 0.503 e. The highest BCUT2D eigenvalue weighted by atomic mass is 35.5. The molecule has 2 rings (SSSR count). The number of carbonyl (C=O) groups excluding carboxylic acids is 2. The summed E-state index contributed by atoms with van der Waals surface area (Å²) in [6, 6.07) is 6.95. The Morgan fingerprint density at radius 1 is 1.43 bits per heavy atom. The SMILES string of the molecule is CON(Cc1ccc(Cl)cc1)C(=O)C1=C(O)C(=O)N(C)C1. The molecule has 0 bridgehead atoms. The predicted molar refractivity (Wildman–Crippen MR) is 76.3 cm³/mol. The van der Waals surface area contributed by atoms with Crippen molar-refractivity contribution in [2.24, 2.45) is 0 Å². The van der Waals surface area contributed by atoms with E-state index in [1.165, 1.54) is 19.1 Å². The topological polar surface area (TPSA) is 70.1 Å². The Morgan fingerprint density at radius 2 is 2.05 bits per heavy atom. The van der Waals surface area contributed by atoms with E-state index in [9.17, 15) is 14.7 Å². The minimum absolute atomic E-state index is 0.0262. The predicted octanol–water partition coefficient (Wildman–Crippen LogP) is 1.51. The highest BCUT2D eigenvalue weighted by Gasteiger charge is 2.34. The molecule has 1 aliphatic rings. The normalized spacial score (nSPS) is 14.8. The zero-order valence-electron chi connectivity index (χ0n) is 11.7. The summed E-state index contributed by atoms with van der Waals surface area (Å²) in [4.78, 5) is 30.2. The van der Waals surface area contributed by atoms with Gasteiger partial charge in [0.1, 0.15) is 0 Å². The van der Waals surface area contributed by atoms with Crippen molar-refractivity contribution in [1.82, 2.24) is 9.96 Å². The molecule has 1 aromatic carbocycles. The van der Waals surface area contributed by atoms with E-state index in [1.807, 2.05) is 0 Å². The third-order valence-electron chi connectivity index (χ3n) is 3.17. The molecular weight excluding hydrogens is 296 g/mol. The van der Waals surface area contributed by atoms with Crippen molar-refractivity contribution >= 4 is 23.4 Å². The Hall–Kier alpha value is -2.05. The van der Waals surface area contributed by atoms with E-state index in [4.69, 9.17) is 16.4 Å². The van der Waals surface area contributed by atoms with Crippen LogP contribution in [0.5, 0.6) is 0 Å². The van der Waals surface area contributed by atoms with Gasteiger partial charge in [0, 0.05) is 12.1 Å². The first kappa shape index (κ1) is 15.3. The summed E-state index contributed by atoms with van der Waals surface area (Å²) in [5.74, 6) is -1.63. The lowest BCUT2D eigenvalue weighted by atomic mass is 10.2. The van der Waals surface area contributed by atoms with Gasteiger partial charge in [0.25, 0.3) is 11.8 Å². The Kier molecular flexibility index (Phi) is 4.50. The molecule has 0 fully saturated rings. The summed E-state index contributed by atoms with van der Waals surface area (Å²) in [7, 11) is 2.86. The van der Waals surface area contributed by atoms with Crippen molar-refractivity contribution in [2.75, 3.05) is 20.7 Å². The maximum atomic E-state index is 12.3. The zero-order chi connectivity index (χ0) is 15.6. The van der Waals surface area contributed by atoms with E-state index in [-0.39, 0.29) is 18.7 Å². The molecule has 0 saturated heterocycles. The average molecular weight is 311 g/mol. The Labute approximate surface area is 127 Å². The van der Waals surface area contributed by atoms with Crippen LogP contribution in [-0.4, -0.2) is 47.6 Å². The van der Waals surface area contributed by atoms with Crippen LogP contribution in [0.25, 0.3) is 0 Å². The molecule has 0 spiro atoms. The first-order valence-electron chi connectivity index (χ1n) is 6.22. The van der Waals surface area contributed by atoms with Crippen LogP contribution in [0.15, 0.2) is 35.6 Å². The van der Waals surface area contributed by atoms with Gasteiger partial charge in [-0.05, 0) is 17.7 Å². The standard InChI is InChI=1S/C14H15ClN2O4/c1-16-8-11(12(18)14(16)20)13(19)17(21-2)7-9-3-5-10(15)6-4-9/h3-6,18H,7-8H2,1-2H3. The fraction of sp³-hybridized carbons (Fsp3) is 0.286. The minimum Gasteiger partial charge on any atom is -0.503 e. The van der Waals surface area contributed by atoms with Crippen LogP contribution in [0.4, 0.5) is 0 Å². The van der Waals surface area contributed by atoms with Crippen molar-refractivity contribution in [1.29, 1.82) is 0 Å². The van der Waals surface area contributed by atoms with E-state index in [0.29, 0.717) is 5.02 Å². The summed E-state index contributed by atoms with van der Waals surface area (Å²) in [5.41, 5.74) is 0.839. The number of hydrogen-bond acceptors (Lipinski definition) is 4. The number of likely N-dealkylation sites (N-methyl/N-ethyl adjacent to an activating group) is 1. The summed E-state index contributed by atoms with van der Waals surface area (Å²) in [5, 5.41) is 11.4.